The highest BCUT2D eigenvalue weighted by atomic mass is 32.1. The summed E-state index contributed by atoms with van der Waals surface area (Å²) in [5, 5.41) is 0. The van der Waals surface area contributed by atoms with Gasteiger partial charge in [-0.15, -0.1) is 11.3 Å². The average Bonchev–Trinajstić information content (AvgIpc) is 3.86. The number of rotatable bonds is 15. The molecule has 0 N–H and O–H groups in total. The number of carbonyl (C=O) groups excluding carboxylic acids is 2. The Morgan fingerprint density at radius 2 is 0.962 bits per heavy atom. The van der Waals surface area contributed by atoms with Crippen LogP contribution in [0.3, 0.4) is 0 Å². The molecule has 3 heteroatoms. The number of benzene rings is 4. The maximum Gasteiger partial charge on any atom is 0.194 e. The van der Waals surface area contributed by atoms with E-state index < -0.39 is 0 Å². The van der Waals surface area contributed by atoms with Crippen LogP contribution in [0.25, 0.3) is 43.8 Å². The number of hydrogen-bond donors (Lipinski definition) is 0. The topological polar surface area (TPSA) is 34.1 Å². The van der Waals surface area contributed by atoms with E-state index in [0.717, 1.165) is 68.5 Å². The van der Waals surface area contributed by atoms with Crippen molar-refractivity contribution >= 4 is 22.9 Å². The maximum absolute atomic E-state index is 14.3. The van der Waals surface area contributed by atoms with Crippen molar-refractivity contribution in [3.05, 3.63) is 117 Å². The van der Waals surface area contributed by atoms with Crippen molar-refractivity contribution in [3.8, 4) is 43.8 Å². The summed E-state index contributed by atoms with van der Waals surface area (Å²) in [5.74, 6) is 0.248. The van der Waals surface area contributed by atoms with Gasteiger partial charge in [0.05, 0.1) is 0 Å². The lowest BCUT2D eigenvalue weighted by molar-refractivity contribution is 0.103. The van der Waals surface area contributed by atoms with Crippen LogP contribution in [0.5, 0.6) is 0 Å². The highest BCUT2D eigenvalue weighted by Gasteiger charge is 2.46. The molecule has 52 heavy (non-hydrogen) atoms. The lowest BCUT2D eigenvalue weighted by Crippen LogP contribution is -2.26. The molecule has 0 bridgehead atoms. The molecule has 266 valence electrons. The van der Waals surface area contributed by atoms with E-state index in [1.165, 1.54) is 109 Å². The lowest BCUT2D eigenvalue weighted by atomic mass is 9.69. The first kappa shape index (κ1) is 35.0. The Labute approximate surface area is 314 Å². The summed E-state index contributed by atoms with van der Waals surface area (Å²) in [5.41, 5.74) is 14.7. The third-order valence-electron chi connectivity index (χ3n) is 12.3. The van der Waals surface area contributed by atoms with E-state index in [1.807, 2.05) is 0 Å². The highest BCUT2D eigenvalue weighted by molar-refractivity contribution is 7.15. The second-order valence-corrected chi connectivity index (χ2v) is 17.2. The van der Waals surface area contributed by atoms with E-state index in [1.54, 1.807) is 11.3 Å². The Morgan fingerprint density at radius 3 is 1.50 bits per heavy atom. The summed E-state index contributed by atoms with van der Waals surface area (Å²) in [6.07, 6.45) is 17.3. The molecule has 0 spiro atoms. The summed E-state index contributed by atoms with van der Waals surface area (Å²) in [6.45, 7) is 8.78. The number of ketones is 2. The zero-order valence-electron chi connectivity index (χ0n) is 31.6. The van der Waals surface area contributed by atoms with Gasteiger partial charge in [-0.3, -0.25) is 9.59 Å². The van der Waals surface area contributed by atoms with Crippen molar-refractivity contribution < 1.29 is 9.59 Å². The minimum atomic E-state index is -0.152. The van der Waals surface area contributed by atoms with Crippen LogP contribution in [-0.2, 0) is 5.41 Å². The third kappa shape index (κ3) is 5.94. The van der Waals surface area contributed by atoms with Gasteiger partial charge in [-0.1, -0.05) is 121 Å². The monoisotopic (exact) mass is 704 g/mol. The molecule has 1 heterocycles. The smallest absolute Gasteiger partial charge is 0.194 e. The molecule has 2 nitrogen and oxygen atoms in total. The molecule has 3 aliphatic carbocycles. The minimum absolute atomic E-state index is 0.119. The molecule has 5 aromatic rings. The number of aryl methyl sites for hydroxylation is 2. The molecule has 3 aliphatic rings. The molecule has 1 aromatic heterocycles. The molecular formula is C49H52O2S. The number of thiophene rings is 1. The molecule has 0 saturated carbocycles. The van der Waals surface area contributed by atoms with Gasteiger partial charge in [-0.25, -0.2) is 0 Å². The first-order chi connectivity index (χ1) is 25.3. The normalized spacial score (nSPS) is 14.3. The summed E-state index contributed by atoms with van der Waals surface area (Å²) in [6, 6.07) is 26.4. The maximum atomic E-state index is 14.3. The van der Waals surface area contributed by atoms with Gasteiger partial charge in [0, 0.05) is 37.4 Å². The van der Waals surface area contributed by atoms with Crippen molar-refractivity contribution in [2.75, 3.05) is 0 Å². The van der Waals surface area contributed by atoms with Gasteiger partial charge in [0.25, 0.3) is 0 Å². The predicted molar refractivity (Wildman–Crippen MR) is 219 cm³/mol. The molecule has 0 amide bonds. The Bertz CT molecular complexity index is 2180. The third-order valence-corrected chi connectivity index (χ3v) is 13.4. The van der Waals surface area contributed by atoms with Crippen LogP contribution in [0.4, 0.5) is 0 Å². The van der Waals surface area contributed by atoms with Crippen LogP contribution in [0.15, 0.2) is 72.8 Å². The van der Waals surface area contributed by atoms with E-state index in [0.29, 0.717) is 0 Å². The number of hydrogen-bond acceptors (Lipinski definition) is 3. The van der Waals surface area contributed by atoms with Gasteiger partial charge < -0.3 is 0 Å². The molecule has 0 atom stereocenters. The van der Waals surface area contributed by atoms with Gasteiger partial charge in [0.15, 0.2) is 11.6 Å². The Hall–Kier alpha value is -4.08. The Kier molecular flexibility index (Phi) is 9.68. The summed E-state index contributed by atoms with van der Waals surface area (Å²) in [4.78, 5) is 30.8. The van der Waals surface area contributed by atoms with Crippen LogP contribution < -0.4 is 0 Å². The Balaban J connectivity index is 1.26. The highest BCUT2D eigenvalue weighted by Crippen LogP contribution is 2.58. The molecule has 8 rings (SSSR count). The van der Waals surface area contributed by atoms with Gasteiger partial charge in [-0.2, -0.15) is 0 Å². The number of carbonyl (C=O) groups is 2. The molecule has 0 unspecified atom stereocenters. The zero-order chi connectivity index (χ0) is 36.0. The number of unbranched alkanes of at least 4 members (excludes halogenated alkanes) is 10. The van der Waals surface area contributed by atoms with Gasteiger partial charge in [0.1, 0.15) is 0 Å². The fourth-order valence-electron chi connectivity index (χ4n) is 9.56. The van der Waals surface area contributed by atoms with Crippen LogP contribution >= 0.6 is 11.3 Å². The van der Waals surface area contributed by atoms with Crippen molar-refractivity contribution in [1.82, 2.24) is 0 Å². The van der Waals surface area contributed by atoms with Gasteiger partial charge >= 0.3 is 0 Å². The van der Waals surface area contributed by atoms with Crippen LogP contribution in [-0.4, -0.2) is 11.6 Å². The average molecular weight is 705 g/mol. The molecule has 0 aliphatic heterocycles. The molecule has 4 aromatic carbocycles. The quantitative estimate of drug-likeness (QED) is 0.0996. The molecule has 0 radical (unpaired) electrons. The fourth-order valence-corrected chi connectivity index (χ4v) is 10.4. The summed E-state index contributed by atoms with van der Waals surface area (Å²) >= 11 is 1.78. The fraction of sp³-hybridized carbons (Fsp3) is 0.388. The van der Waals surface area contributed by atoms with E-state index in [9.17, 15) is 9.59 Å². The van der Waals surface area contributed by atoms with Crippen molar-refractivity contribution in [2.45, 2.75) is 123 Å². The van der Waals surface area contributed by atoms with Crippen LogP contribution in [0.2, 0.25) is 0 Å². The van der Waals surface area contributed by atoms with Crippen LogP contribution in [0, 0.1) is 13.8 Å². The van der Waals surface area contributed by atoms with Crippen LogP contribution in [0.1, 0.15) is 157 Å². The second kappa shape index (κ2) is 14.4. The van der Waals surface area contributed by atoms with E-state index in [-0.39, 0.29) is 17.0 Å². The van der Waals surface area contributed by atoms with E-state index in [2.05, 4.69) is 100 Å². The predicted octanol–water partition coefficient (Wildman–Crippen LogP) is 14.2. The van der Waals surface area contributed by atoms with E-state index >= 15 is 0 Å². The first-order valence-electron chi connectivity index (χ1n) is 20.1. The number of fused-ring (bicyclic) bond motifs is 9. The second-order valence-electron chi connectivity index (χ2n) is 15.9. The van der Waals surface area contributed by atoms with Gasteiger partial charge in [0.2, 0.25) is 0 Å². The SMILES string of the molecule is CCCCCCCCC1(CCCCCCCC)c2cc3c(cc2-c2cc4c(cc21)-c1ccc(-c2ccc(C)s2)cc1C4=O)C(=O)c1cc(C)ccc1-3. The minimum Gasteiger partial charge on any atom is -0.289 e. The Morgan fingerprint density at radius 1 is 0.462 bits per heavy atom. The molecule has 0 fully saturated rings. The molecule has 0 saturated heterocycles. The largest absolute Gasteiger partial charge is 0.289 e. The summed E-state index contributed by atoms with van der Waals surface area (Å²) < 4.78 is 0. The lowest BCUT2D eigenvalue weighted by Gasteiger charge is -2.33. The van der Waals surface area contributed by atoms with Crippen molar-refractivity contribution in [2.24, 2.45) is 0 Å². The first-order valence-corrected chi connectivity index (χ1v) is 21.0. The molecular weight excluding hydrogens is 653 g/mol. The van der Waals surface area contributed by atoms with E-state index in [4.69, 9.17) is 0 Å². The van der Waals surface area contributed by atoms with Crippen molar-refractivity contribution in [3.63, 3.8) is 0 Å². The van der Waals surface area contributed by atoms with Crippen molar-refractivity contribution in [1.29, 1.82) is 0 Å². The summed E-state index contributed by atoms with van der Waals surface area (Å²) in [7, 11) is 0. The standard InChI is InChI=1S/C49H52O2S/c1-5-7-9-11-13-15-23-49(24-16-14-12-10-8-6-2)44-29-36-34-20-17-31(3)25-40(34)47(50)42(36)27-38(44)39-28-43-37(30-45(39)49)35-21-19-33(26-41(35)48(43)51)46-22-18-32(4)52-46/h17-22,25-30H,5-16,23-24H2,1-4H3. The zero-order valence-corrected chi connectivity index (χ0v) is 32.4. The van der Waals surface area contributed by atoms with Gasteiger partial charge in [-0.05, 0) is 125 Å².